The number of benzene rings is 1. The van der Waals surface area contributed by atoms with E-state index in [1.54, 1.807) is 0 Å². The fraction of sp³-hybridized carbons (Fsp3) is 0. The molecule has 8 heteroatoms. The fourth-order valence-corrected chi connectivity index (χ4v) is 1.07. The third-order valence-electron chi connectivity index (χ3n) is 1.08. The van der Waals surface area contributed by atoms with Gasteiger partial charge in [0, 0.05) is 0 Å². The van der Waals surface area contributed by atoms with Gasteiger partial charge in [0.15, 0.2) is 11.5 Å². The van der Waals surface area contributed by atoms with Gasteiger partial charge in [-0.2, -0.15) is 0 Å². The average Bonchev–Trinajstić information content (AvgIpc) is 1.91. The summed E-state index contributed by atoms with van der Waals surface area (Å²) in [6.07, 6.45) is 0. The minimum absolute atomic E-state index is 0. The zero-order valence-corrected chi connectivity index (χ0v) is 8.22. The Labute approximate surface area is 80.7 Å². The van der Waals surface area contributed by atoms with Gasteiger partial charge < -0.3 is 21.9 Å². The number of phenols is 1. The molecule has 0 atom stereocenters. The molecule has 0 saturated heterocycles. The van der Waals surface area contributed by atoms with E-state index in [0.717, 1.165) is 0 Å². The predicted molar refractivity (Wildman–Crippen MR) is 50.8 cm³/mol. The lowest BCUT2D eigenvalue weighted by atomic mass is 10.3. The Hall–Kier alpha value is -1.11. The van der Waals surface area contributed by atoms with E-state index in [4.69, 9.17) is 14.9 Å². The van der Waals surface area contributed by atoms with Crippen molar-refractivity contribution in [3.8, 4) is 11.5 Å². The van der Waals surface area contributed by atoms with Gasteiger partial charge >= 0.3 is 7.82 Å². The van der Waals surface area contributed by atoms with Gasteiger partial charge in [-0.3, -0.25) is 9.79 Å². The number of hydrogen-bond donors (Lipinski definition) is 5. The summed E-state index contributed by atoms with van der Waals surface area (Å²) in [5, 5.41) is 9.01. The molecular formula is C6H13N2O5P. The molecule has 0 aliphatic rings. The van der Waals surface area contributed by atoms with Gasteiger partial charge in [0.25, 0.3) is 0 Å². The molecular weight excluding hydrogens is 211 g/mol. The van der Waals surface area contributed by atoms with Crippen LogP contribution >= 0.6 is 7.82 Å². The molecule has 0 bridgehead atoms. The molecule has 1 aromatic carbocycles. The highest BCUT2D eigenvalue weighted by Crippen LogP contribution is 2.40. The molecule has 0 heterocycles. The van der Waals surface area contributed by atoms with E-state index in [1.165, 1.54) is 24.3 Å². The van der Waals surface area contributed by atoms with Crippen LogP contribution in [0.4, 0.5) is 0 Å². The standard InChI is InChI=1S/C6H7O5P.2H3N/c7-5-3-1-2-4-6(5)11-12(8,9)10;;/h1-4,7H,(H2,8,9,10);2*1H3. The molecule has 14 heavy (non-hydrogen) atoms. The zero-order chi connectivity index (χ0) is 9.19. The maximum Gasteiger partial charge on any atom is 0.524 e. The van der Waals surface area contributed by atoms with Crippen LogP contribution in [0.3, 0.4) is 0 Å². The first-order valence-corrected chi connectivity index (χ1v) is 4.55. The summed E-state index contributed by atoms with van der Waals surface area (Å²) < 4.78 is 14.5. The van der Waals surface area contributed by atoms with Crippen molar-refractivity contribution < 1.29 is 24.0 Å². The Kier molecular flexibility index (Phi) is 6.13. The monoisotopic (exact) mass is 224 g/mol. The van der Waals surface area contributed by atoms with Gasteiger partial charge in [-0.05, 0) is 12.1 Å². The van der Waals surface area contributed by atoms with Gasteiger partial charge in [-0.25, -0.2) is 4.57 Å². The maximum atomic E-state index is 10.3. The second kappa shape index (κ2) is 5.58. The number of rotatable bonds is 2. The molecule has 7 nitrogen and oxygen atoms in total. The average molecular weight is 224 g/mol. The number of para-hydroxylation sites is 2. The predicted octanol–water partition coefficient (Wildman–Crippen LogP) is 1.19. The molecule has 0 aliphatic carbocycles. The smallest absolute Gasteiger partial charge is 0.504 e. The van der Waals surface area contributed by atoms with Crippen molar-refractivity contribution in [3.05, 3.63) is 24.3 Å². The molecule has 0 saturated carbocycles. The lowest BCUT2D eigenvalue weighted by Crippen LogP contribution is -1.89. The molecule has 0 amide bonds. The number of phosphoric ester groups is 1. The molecule has 0 fully saturated rings. The molecule has 1 aromatic rings. The summed E-state index contributed by atoms with van der Waals surface area (Å²) in [6, 6.07) is 5.53. The minimum Gasteiger partial charge on any atom is -0.504 e. The second-order valence-electron chi connectivity index (χ2n) is 2.05. The fourth-order valence-electron chi connectivity index (χ4n) is 0.662. The van der Waals surface area contributed by atoms with E-state index in [9.17, 15) is 4.57 Å². The SMILES string of the molecule is N.N.O=P(O)(O)Oc1ccccc1O. The summed E-state index contributed by atoms with van der Waals surface area (Å²) in [6.45, 7) is 0. The van der Waals surface area contributed by atoms with Crippen molar-refractivity contribution in [3.63, 3.8) is 0 Å². The molecule has 0 spiro atoms. The van der Waals surface area contributed by atoms with E-state index < -0.39 is 7.82 Å². The summed E-state index contributed by atoms with van der Waals surface area (Å²) in [4.78, 5) is 16.7. The van der Waals surface area contributed by atoms with Crippen molar-refractivity contribution in [2.45, 2.75) is 0 Å². The molecule has 0 aromatic heterocycles. The molecule has 0 unspecified atom stereocenters. The second-order valence-corrected chi connectivity index (χ2v) is 3.21. The Morgan fingerprint density at radius 3 is 2.07 bits per heavy atom. The first-order chi connectivity index (χ1) is 5.49. The Morgan fingerprint density at radius 2 is 1.64 bits per heavy atom. The molecule has 82 valence electrons. The van der Waals surface area contributed by atoms with Crippen molar-refractivity contribution in [2.24, 2.45) is 0 Å². The quantitative estimate of drug-likeness (QED) is 0.472. The van der Waals surface area contributed by atoms with E-state index in [-0.39, 0.29) is 23.8 Å². The normalized spacial score (nSPS) is 9.57. The van der Waals surface area contributed by atoms with Gasteiger partial charge in [0.1, 0.15) is 0 Å². The van der Waals surface area contributed by atoms with Crippen LogP contribution in [-0.2, 0) is 4.57 Å². The third-order valence-corrected chi connectivity index (χ3v) is 1.52. The Morgan fingerprint density at radius 1 is 1.14 bits per heavy atom. The van der Waals surface area contributed by atoms with Crippen molar-refractivity contribution in [1.29, 1.82) is 0 Å². The van der Waals surface area contributed by atoms with Crippen molar-refractivity contribution in [2.75, 3.05) is 0 Å². The third kappa shape index (κ3) is 4.80. The lowest BCUT2D eigenvalue weighted by molar-refractivity contribution is 0.278. The topological polar surface area (TPSA) is 157 Å². The van der Waals surface area contributed by atoms with E-state index in [2.05, 4.69) is 4.52 Å². The Balaban J connectivity index is 0. The van der Waals surface area contributed by atoms with E-state index in [0.29, 0.717) is 0 Å². The molecule has 0 aliphatic heterocycles. The van der Waals surface area contributed by atoms with Crippen LogP contribution in [0.1, 0.15) is 0 Å². The van der Waals surface area contributed by atoms with Gasteiger partial charge in [-0.1, -0.05) is 12.1 Å². The van der Waals surface area contributed by atoms with Crippen molar-refractivity contribution in [1.82, 2.24) is 12.3 Å². The first kappa shape index (κ1) is 15.4. The van der Waals surface area contributed by atoms with Crippen LogP contribution in [0.25, 0.3) is 0 Å². The van der Waals surface area contributed by atoms with Crippen LogP contribution in [0.2, 0.25) is 0 Å². The first-order valence-electron chi connectivity index (χ1n) is 3.02. The molecule has 0 radical (unpaired) electrons. The van der Waals surface area contributed by atoms with Crippen LogP contribution in [-0.4, -0.2) is 14.9 Å². The van der Waals surface area contributed by atoms with Gasteiger partial charge in [-0.15, -0.1) is 0 Å². The van der Waals surface area contributed by atoms with Crippen LogP contribution < -0.4 is 16.8 Å². The summed E-state index contributed by atoms with van der Waals surface area (Å²) in [5.74, 6) is -0.536. The summed E-state index contributed by atoms with van der Waals surface area (Å²) >= 11 is 0. The molecule has 1 rings (SSSR count). The number of phenolic OH excluding ortho intramolecular Hbond substituents is 1. The summed E-state index contributed by atoms with van der Waals surface area (Å²) in [7, 11) is -4.57. The number of phosphoric acid groups is 1. The maximum absolute atomic E-state index is 10.3. The minimum atomic E-state index is -4.57. The highest BCUT2D eigenvalue weighted by atomic mass is 31.2. The van der Waals surface area contributed by atoms with Gasteiger partial charge in [0.05, 0.1) is 0 Å². The van der Waals surface area contributed by atoms with Crippen LogP contribution in [0.15, 0.2) is 24.3 Å². The lowest BCUT2D eigenvalue weighted by Gasteiger charge is -2.06. The highest BCUT2D eigenvalue weighted by molar-refractivity contribution is 7.46. The van der Waals surface area contributed by atoms with Crippen LogP contribution in [0.5, 0.6) is 11.5 Å². The zero-order valence-electron chi connectivity index (χ0n) is 7.33. The van der Waals surface area contributed by atoms with E-state index in [1.807, 2.05) is 0 Å². The largest absolute Gasteiger partial charge is 0.524 e. The van der Waals surface area contributed by atoms with Crippen molar-refractivity contribution >= 4 is 7.82 Å². The highest BCUT2D eigenvalue weighted by Gasteiger charge is 2.17. The van der Waals surface area contributed by atoms with E-state index >= 15 is 0 Å². The molecule has 9 N–H and O–H groups in total. The number of hydrogen-bond acceptors (Lipinski definition) is 5. The van der Waals surface area contributed by atoms with Gasteiger partial charge in [0.2, 0.25) is 0 Å². The van der Waals surface area contributed by atoms with Crippen LogP contribution in [0, 0.1) is 0 Å². The number of aromatic hydroxyl groups is 1. The Bertz CT molecular complexity index is 326. The summed E-state index contributed by atoms with van der Waals surface area (Å²) in [5.41, 5.74) is 0.